The topological polar surface area (TPSA) is 0 Å². The van der Waals surface area contributed by atoms with Crippen molar-refractivity contribution in [2.45, 2.75) is 39.0 Å². The van der Waals surface area contributed by atoms with Crippen LogP contribution in [-0.2, 0) is 6.42 Å². The molecule has 0 aliphatic heterocycles. The molecule has 0 heteroatoms. The SMILES string of the molecule is [C+]#Cc1ccc(CCCCCC)cc1. The molecule has 1 aromatic carbocycles. The van der Waals surface area contributed by atoms with Crippen molar-refractivity contribution in [2.75, 3.05) is 0 Å². The van der Waals surface area contributed by atoms with Crippen molar-refractivity contribution in [1.29, 1.82) is 0 Å². The summed E-state index contributed by atoms with van der Waals surface area (Å²) >= 11 is 0. The molecule has 0 aromatic heterocycles. The van der Waals surface area contributed by atoms with Crippen LogP contribution in [0.1, 0.15) is 43.7 Å². The third kappa shape index (κ3) is 3.81. The van der Waals surface area contributed by atoms with Gasteiger partial charge in [-0.2, -0.15) is 0 Å². The summed E-state index contributed by atoms with van der Waals surface area (Å²) in [6, 6.07) is 8.12. The van der Waals surface area contributed by atoms with Gasteiger partial charge in [0, 0.05) is 0 Å². The van der Waals surface area contributed by atoms with Crippen LogP contribution in [0, 0.1) is 12.3 Å². The van der Waals surface area contributed by atoms with Gasteiger partial charge in [0.1, 0.15) is 0 Å². The van der Waals surface area contributed by atoms with Crippen LogP contribution in [-0.4, -0.2) is 0 Å². The Morgan fingerprint density at radius 3 is 2.36 bits per heavy atom. The number of hydrogen-bond donors (Lipinski definition) is 0. The molecule has 14 heavy (non-hydrogen) atoms. The number of benzene rings is 1. The van der Waals surface area contributed by atoms with Gasteiger partial charge in [0.2, 0.25) is 0 Å². The molecular formula is C14H17+. The van der Waals surface area contributed by atoms with E-state index in [0.29, 0.717) is 0 Å². The standard InChI is InChI=1S/C14H17/c1-3-5-6-7-8-14-11-9-13(4-2)10-12-14/h9-12H,3,5-8H2,1H3/q+1. The van der Waals surface area contributed by atoms with E-state index in [2.05, 4.69) is 25.0 Å². The Bertz CT molecular complexity index is 287. The molecule has 0 spiro atoms. The van der Waals surface area contributed by atoms with Crippen LogP contribution in [0.3, 0.4) is 0 Å². The number of hydrogen-bond acceptors (Lipinski definition) is 0. The first-order valence-corrected chi connectivity index (χ1v) is 5.38. The van der Waals surface area contributed by atoms with Crippen LogP contribution >= 0.6 is 0 Å². The Kier molecular flexibility index (Phi) is 5.11. The van der Waals surface area contributed by atoms with Crippen LogP contribution in [0.25, 0.3) is 0 Å². The molecular weight excluding hydrogens is 168 g/mol. The Morgan fingerprint density at radius 1 is 1.07 bits per heavy atom. The van der Waals surface area contributed by atoms with Crippen LogP contribution in [0.15, 0.2) is 24.3 Å². The molecule has 0 aliphatic rings. The second-order valence-electron chi connectivity index (χ2n) is 3.63. The summed E-state index contributed by atoms with van der Waals surface area (Å²) in [5.41, 5.74) is 2.24. The first kappa shape index (κ1) is 11.1. The molecule has 72 valence electrons. The predicted molar refractivity (Wildman–Crippen MR) is 60.5 cm³/mol. The maximum absolute atomic E-state index is 6.96. The van der Waals surface area contributed by atoms with E-state index in [1.54, 1.807) is 0 Å². The number of unbranched alkanes of at least 4 members (excludes halogenated alkanes) is 3. The van der Waals surface area contributed by atoms with Crippen LogP contribution in [0.5, 0.6) is 0 Å². The molecule has 0 saturated heterocycles. The summed E-state index contributed by atoms with van der Waals surface area (Å²) in [6.07, 6.45) is 13.4. The fourth-order valence-corrected chi connectivity index (χ4v) is 1.51. The van der Waals surface area contributed by atoms with Gasteiger partial charge >= 0.3 is 86.8 Å². The van der Waals surface area contributed by atoms with Crippen LogP contribution < -0.4 is 0 Å². The van der Waals surface area contributed by atoms with E-state index in [4.69, 9.17) is 6.42 Å². The van der Waals surface area contributed by atoms with Crippen molar-refractivity contribution in [3.8, 4) is 5.92 Å². The number of aryl methyl sites for hydroxylation is 1. The molecule has 0 amide bonds. The van der Waals surface area contributed by atoms with Gasteiger partial charge in [-0.25, -0.2) is 0 Å². The summed E-state index contributed by atoms with van der Waals surface area (Å²) in [4.78, 5) is 0. The fraction of sp³-hybridized carbons (Fsp3) is 0.429. The zero-order valence-electron chi connectivity index (χ0n) is 8.84. The van der Waals surface area contributed by atoms with E-state index >= 15 is 0 Å². The summed E-state index contributed by atoms with van der Waals surface area (Å²) in [5.74, 6) is 2.38. The minimum atomic E-state index is 0.863. The summed E-state index contributed by atoms with van der Waals surface area (Å²) < 4.78 is 0. The maximum atomic E-state index is 6.96. The molecule has 0 N–H and O–H groups in total. The Labute approximate surface area is 87.4 Å². The molecule has 0 bridgehead atoms. The zero-order valence-corrected chi connectivity index (χ0v) is 8.84. The van der Waals surface area contributed by atoms with Gasteiger partial charge in [-0.15, -0.1) is 0 Å². The average molecular weight is 185 g/mol. The second-order valence-corrected chi connectivity index (χ2v) is 3.63. The van der Waals surface area contributed by atoms with Gasteiger partial charge in [-0.1, -0.05) is 0 Å². The van der Waals surface area contributed by atoms with E-state index < -0.39 is 0 Å². The Hall–Kier alpha value is -1.00. The molecule has 0 saturated carbocycles. The zero-order chi connectivity index (χ0) is 10.2. The van der Waals surface area contributed by atoms with Crippen molar-refractivity contribution in [3.63, 3.8) is 0 Å². The van der Waals surface area contributed by atoms with Crippen LogP contribution in [0.2, 0.25) is 0 Å². The van der Waals surface area contributed by atoms with E-state index in [1.165, 1.54) is 31.2 Å². The minimum absolute atomic E-state index is 0.863. The Balaban J connectivity index is 2.33. The molecule has 0 aliphatic carbocycles. The van der Waals surface area contributed by atoms with Crippen molar-refractivity contribution >= 4 is 0 Å². The molecule has 0 radical (unpaired) electrons. The second kappa shape index (κ2) is 6.45. The number of rotatable bonds is 5. The quantitative estimate of drug-likeness (QED) is 0.372. The molecule has 0 atom stereocenters. The van der Waals surface area contributed by atoms with Gasteiger partial charge in [-0.05, 0) is 0 Å². The molecule has 1 aromatic rings. The van der Waals surface area contributed by atoms with Crippen molar-refractivity contribution in [1.82, 2.24) is 0 Å². The van der Waals surface area contributed by atoms with E-state index in [-0.39, 0.29) is 0 Å². The van der Waals surface area contributed by atoms with E-state index in [0.717, 1.165) is 12.0 Å². The monoisotopic (exact) mass is 185 g/mol. The first-order chi connectivity index (χ1) is 6.86. The van der Waals surface area contributed by atoms with Crippen molar-refractivity contribution in [3.05, 3.63) is 41.8 Å². The van der Waals surface area contributed by atoms with E-state index in [9.17, 15) is 0 Å². The van der Waals surface area contributed by atoms with Gasteiger partial charge in [-0.3, -0.25) is 0 Å². The fourth-order valence-electron chi connectivity index (χ4n) is 1.51. The van der Waals surface area contributed by atoms with Gasteiger partial charge in [0.05, 0.1) is 0 Å². The molecule has 0 unspecified atom stereocenters. The third-order valence-corrected chi connectivity index (χ3v) is 2.42. The first-order valence-electron chi connectivity index (χ1n) is 5.38. The van der Waals surface area contributed by atoms with Gasteiger partial charge in [0.15, 0.2) is 0 Å². The molecule has 1 rings (SSSR count). The molecule has 0 fully saturated rings. The average Bonchev–Trinajstić information content (AvgIpc) is 2.25. The van der Waals surface area contributed by atoms with E-state index in [1.807, 2.05) is 12.1 Å². The normalized spacial score (nSPS) is 9.93. The van der Waals surface area contributed by atoms with Gasteiger partial charge in [0.25, 0.3) is 0 Å². The van der Waals surface area contributed by atoms with Gasteiger partial charge < -0.3 is 0 Å². The molecule has 0 heterocycles. The molecule has 0 nitrogen and oxygen atoms in total. The van der Waals surface area contributed by atoms with Crippen molar-refractivity contribution < 1.29 is 0 Å². The summed E-state index contributed by atoms with van der Waals surface area (Å²) in [5, 5.41) is 0. The van der Waals surface area contributed by atoms with Crippen molar-refractivity contribution in [2.24, 2.45) is 0 Å². The van der Waals surface area contributed by atoms with Crippen LogP contribution in [0.4, 0.5) is 0 Å². The summed E-state index contributed by atoms with van der Waals surface area (Å²) in [7, 11) is 0. The summed E-state index contributed by atoms with van der Waals surface area (Å²) in [6.45, 7) is 2.23. The Morgan fingerprint density at radius 2 is 1.79 bits per heavy atom. The third-order valence-electron chi connectivity index (χ3n) is 2.42. The predicted octanol–water partition coefficient (Wildman–Crippen LogP) is 3.75.